The first kappa shape index (κ1) is 25.7. The van der Waals surface area contributed by atoms with E-state index in [9.17, 15) is 18.5 Å². The van der Waals surface area contributed by atoms with E-state index in [0.29, 0.717) is 16.6 Å². The monoisotopic (exact) mass is 510 g/mol. The largest absolute Gasteiger partial charge is 0.378 e. The molecule has 0 aliphatic carbocycles. The van der Waals surface area contributed by atoms with Gasteiger partial charge in [-0.05, 0) is 73.9 Å². The Labute approximate surface area is 217 Å². The maximum atomic E-state index is 13.2. The molecule has 37 heavy (non-hydrogen) atoms. The summed E-state index contributed by atoms with van der Waals surface area (Å²) in [6.07, 6.45) is 1.37. The molecule has 0 saturated carbocycles. The smallest absolute Gasteiger partial charge is 0.339 e. The molecule has 1 amide bonds. The average Bonchev–Trinajstić information content (AvgIpc) is 2.85. The van der Waals surface area contributed by atoms with Gasteiger partial charge < -0.3 is 9.50 Å². The number of hydrogen-bond donors (Lipinski definition) is 1. The molecule has 0 saturated heterocycles. The van der Waals surface area contributed by atoms with Crippen LogP contribution >= 0.6 is 0 Å². The fraction of sp³-hybridized carbons (Fsp3) is 0.133. The minimum atomic E-state index is -4.16. The standard InChI is InChI=1S/C30H26N2O4S/c1-19-9-12-25(13-10-19)37(34,35)36-28-14-11-23-7-5-6-8-26(23)27(28)17-24(18-31)30(33)32-29-21(3)15-20(2)16-22(29)4/h5-17H,1-4H3,(H,32,33)/b24-17+. The van der Waals surface area contributed by atoms with E-state index in [2.05, 4.69) is 5.32 Å². The van der Waals surface area contributed by atoms with E-state index in [4.69, 9.17) is 4.18 Å². The van der Waals surface area contributed by atoms with Gasteiger partial charge in [-0.3, -0.25) is 4.79 Å². The van der Waals surface area contributed by atoms with E-state index in [-0.39, 0.29) is 16.2 Å². The molecule has 186 valence electrons. The highest BCUT2D eigenvalue weighted by Gasteiger charge is 2.21. The second-order valence-corrected chi connectivity index (χ2v) is 10.5. The molecule has 0 bridgehead atoms. The third-order valence-corrected chi connectivity index (χ3v) is 7.26. The topological polar surface area (TPSA) is 96.3 Å². The predicted octanol–water partition coefficient (Wildman–Crippen LogP) is 6.39. The van der Waals surface area contributed by atoms with Gasteiger partial charge in [-0.15, -0.1) is 0 Å². The molecule has 1 N–H and O–H groups in total. The average molecular weight is 511 g/mol. The molecular weight excluding hydrogens is 484 g/mol. The molecule has 0 spiro atoms. The van der Waals surface area contributed by atoms with Gasteiger partial charge in [-0.1, -0.05) is 65.7 Å². The summed E-state index contributed by atoms with van der Waals surface area (Å²) in [5.41, 5.74) is 4.50. The number of benzene rings is 4. The van der Waals surface area contributed by atoms with Crippen LogP contribution in [0.3, 0.4) is 0 Å². The SMILES string of the molecule is Cc1ccc(S(=O)(=O)Oc2ccc3ccccc3c2/C=C(\C#N)C(=O)Nc2c(C)cc(C)cc2C)cc1. The van der Waals surface area contributed by atoms with Crippen molar-refractivity contribution in [3.05, 3.63) is 106 Å². The van der Waals surface area contributed by atoms with E-state index in [1.165, 1.54) is 24.3 Å². The molecule has 4 rings (SSSR count). The van der Waals surface area contributed by atoms with Crippen LogP contribution in [0.4, 0.5) is 5.69 Å². The number of anilines is 1. The van der Waals surface area contributed by atoms with Gasteiger partial charge in [-0.2, -0.15) is 13.7 Å². The lowest BCUT2D eigenvalue weighted by Gasteiger charge is -2.14. The van der Waals surface area contributed by atoms with Crippen molar-refractivity contribution in [2.45, 2.75) is 32.6 Å². The summed E-state index contributed by atoms with van der Waals surface area (Å²) in [5.74, 6) is -0.583. The van der Waals surface area contributed by atoms with Crippen molar-refractivity contribution >= 4 is 38.6 Å². The first-order chi connectivity index (χ1) is 17.6. The van der Waals surface area contributed by atoms with Gasteiger partial charge in [0.1, 0.15) is 16.5 Å². The van der Waals surface area contributed by atoms with Crippen LogP contribution in [0.1, 0.15) is 27.8 Å². The van der Waals surface area contributed by atoms with Crippen LogP contribution in [0.25, 0.3) is 16.8 Å². The van der Waals surface area contributed by atoms with Gasteiger partial charge in [0.25, 0.3) is 5.91 Å². The van der Waals surface area contributed by atoms with E-state index in [0.717, 1.165) is 27.6 Å². The Kier molecular flexibility index (Phi) is 7.14. The summed E-state index contributed by atoms with van der Waals surface area (Å²) < 4.78 is 31.6. The van der Waals surface area contributed by atoms with Crippen molar-refractivity contribution in [1.82, 2.24) is 0 Å². The zero-order valence-electron chi connectivity index (χ0n) is 21.0. The number of fused-ring (bicyclic) bond motifs is 1. The second-order valence-electron chi connectivity index (χ2n) is 8.95. The lowest BCUT2D eigenvalue weighted by atomic mass is 10.0. The Hall–Kier alpha value is -4.41. The van der Waals surface area contributed by atoms with E-state index < -0.39 is 16.0 Å². The number of carbonyl (C=O) groups is 1. The molecule has 0 fully saturated rings. The summed E-state index contributed by atoms with van der Waals surface area (Å²) >= 11 is 0. The number of amides is 1. The number of aryl methyl sites for hydroxylation is 4. The Bertz CT molecular complexity index is 1670. The molecule has 0 radical (unpaired) electrons. The lowest BCUT2D eigenvalue weighted by molar-refractivity contribution is -0.112. The van der Waals surface area contributed by atoms with Gasteiger partial charge >= 0.3 is 10.1 Å². The van der Waals surface area contributed by atoms with Gasteiger partial charge in [0.05, 0.1) is 0 Å². The van der Waals surface area contributed by atoms with Crippen LogP contribution in [0.15, 0.2) is 83.3 Å². The molecule has 0 aliphatic rings. The highest BCUT2D eigenvalue weighted by Crippen LogP contribution is 2.33. The molecule has 0 aliphatic heterocycles. The summed E-state index contributed by atoms with van der Waals surface area (Å²) in [4.78, 5) is 13.2. The van der Waals surface area contributed by atoms with Crippen LogP contribution in [0.5, 0.6) is 5.75 Å². The first-order valence-corrected chi connectivity index (χ1v) is 13.0. The van der Waals surface area contributed by atoms with Crippen LogP contribution < -0.4 is 9.50 Å². The van der Waals surface area contributed by atoms with Crippen molar-refractivity contribution < 1.29 is 17.4 Å². The number of nitrogens with zero attached hydrogens (tertiary/aromatic N) is 1. The molecule has 0 aromatic heterocycles. The number of nitriles is 1. The minimum Gasteiger partial charge on any atom is -0.378 e. The zero-order valence-corrected chi connectivity index (χ0v) is 21.8. The van der Waals surface area contributed by atoms with Crippen LogP contribution in [-0.4, -0.2) is 14.3 Å². The summed E-state index contributed by atoms with van der Waals surface area (Å²) in [6.45, 7) is 7.60. The number of rotatable bonds is 6. The molecule has 6 nitrogen and oxygen atoms in total. The Morgan fingerprint density at radius 3 is 2.19 bits per heavy atom. The quantitative estimate of drug-likeness (QED) is 0.184. The fourth-order valence-electron chi connectivity index (χ4n) is 4.22. The van der Waals surface area contributed by atoms with Gasteiger partial charge in [0.2, 0.25) is 0 Å². The number of hydrogen-bond acceptors (Lipinski definition) is 5. The first-order valence-electron chi connectivity index (χ1n) is 11.6. The molecule has 4 aromatic carbocycles. The number of carbonyl (C=O) groups excluding carboxylic acids is 1. The van der Waals surface area contributed by atoms with Gasteiger partial charge in [0, 0.05) is 11.3 Å². The van der Waals surface area contributed by atoms with Crippen LogP contribution in [0.2, 0.25) is 0 Å². The maximum Gasteiger partial charge on any atom is 0.339 e. The summed E-state index contributed by atoms with van der Waals surface area (Å²) in [6, 6.07) is 22.7. The molecule has 0 unspecified atom stereocenters. The van der Waals surface area contributed by atoms with Gasteiger partial charge in [-0.25, -0.2) is 0 Å². The van der Waals surface area contributed by atoms with Crippen LogP contribution in [-0.2, 0) is 14.9 Å². The molecule has 0 heterocycles. The van der Waals surface area contributed by atoms with Crippen molar-refractivity contribution in [2.24, 2.45) is 0 Å². The van der Waals surface area contributed by atoms with E-state index in [1.54, 1.807) is 30.3 Å². The maximum absolute atomic E-state index is 13.2. The molecule has 4 aromatic rings. The van der Waals surface area contributed by atoms with Crippen molar-refractivity contribution in [2.75, 3.05) is 5.32 Å². The normalized spacial score (nSPS) is 11.7. The third kappa shape index (κ3) is 5.55. The molecule has 0 atom stereocenters. The Morgan fingerprint density at radius 1 is 0.892 bits per heavy atom. The minimum absolute atomic E-state index is 0.00441. The highest BCUT2D eigenvalue weighted by atomic mass is 32.2. The third-order valence-electron chi connectivity index (χ3n) is 6.01. The fourth-order valence-corrected chi connectivity index (χ4v) is 5.17. The van der Waals surface area contributed by atoms with Crippen molar-refractivity contribution in [3.63, 3.8) is 0 Å². The molecular formula is C30H26N2O4S. The Balaban J connectivity index is 1.79. The van der Waals surface area contributed by atoms with E-state index >= 15 is 0 Å². The summed E-state index contributed by atoms with van der Waals surface area (Å²) in [5, 5.41) is 14.2. The summed E-state index contributed by atoms with van der Waals surface area (Å²) in [7, 11) is -4.16. The Morgan fingerprint density at radius 2 is 1.54 bits per heavy atom. The number of nitrogens with one attached hydrogen (secondary N) is 1. The zero-order chi connectivity index (χ0) is 26.7. The highest BCUT2D eigenvalue weighted by molar-refractivity contribution is 7.87. The van der Waals surface area contributed by atoms with Crippen molar-refractivity contribution in [1.29, 1.82) is 5.26 Å². The van der Waals surface area contributed by atoms with Gasteiger partial charge in [0.15, 0.2) is 5.75 Å². The molecule has 7 heteroatoms. The lowest BCUT2D eigenvalue weighted by Crippen LogP contribution is -2.15. The van der Waals surface area contributed by atoms with Crippen LogP contribution in [0, 0.1) is 39.0 Å². The van der Waals surface area contributed by atoms with Crippen molar-refractivity contribution in [3.8, 4) is 11.8 Å². The van der Waals surface area contributed by atoms with E-state index in [1.807, 2.05) is 58.0 Å². The second kappa shape index (κ2) is 10.3. The predicted molar refractivity (Wildman–Crippen MR) is 146 cm³/mol.